The summed E-state index contributed by atoms with van der Waals surface area (Å²) >= 11 is 1.24. The lowest BCUT2D eigenvalue weighted by Crippen LogP contribution is -2.44. The quantitative estimate of drug-likeness (QED) is 0.622. The van der Waals surface area contributed by atoms with Gasteiger partial charge in [0.2, 0.25) is 5.91 Å². The van der Waals surface area contributed by atoms with Gasteiger partial charge in [0.15, 0.2) is 6.61 Å². The number of nitrogens with one attached hydrogen (secondary N) is 2. The van der Waals surface area contributed by atoms with Crippen molar-refractivity contribution in [1.29, 1.82) is 0 Å². The predicted octanol–water partition coefficient (Wildman–Crippen LogP) is 2.45. The minimum atomic E-state index is -0.461. The topological polar surface area (TPSA) is 67.4 Å². The third-order valence-corrected chi connectivity index (χ3v) is 3.90. The number of carbonyl (C=O) groups is 2. The zero-order chi connectivity index (χ0) is 17.4. The van der Waals surface area contributed by atoms with Gasteiger partial charge in [-0.3, -0.25) is 20.4 Å². The van der Waals surface area contributed by atoms with E-state index in [2.05, 4.69) is 10.9 Å². The summed E-state index contributed by atoms with van der Waals surface area (Å²) < 4.78 is 18.1. The van der Waals surface area contributed by atoms with Gasteiger partial charge in [0.25, 0.3) is 5.91 Å². The number of carbonyl (C=O) groups excluding carboxylic acids is 2. The summed E-state index contributed by atoms with van der Waals surface area (Å²) in [7, 11) is 0. The maximum absolute atomic E-state index is 12.8. The van der Waals surface area contributed by atoms with Crippen molar-refractivity contribution in [2.75, 3.05) is 12.4 Å². The fourth-order valence-corrected chi connectivity index (χ4v) is 2.44. The number of ether oxygens (including phenoxy) is 1. The van der Waals surface area contributed by atoms with Crippen molar-refractivity contribution < 1.29 is 18.7 Å². The van der Waals surface area contributed by atoms with Gasteiger partial charge in [-0.05, 0) is 48.9 Å². The molecule has 0 saturated carbocycles. The predicted molar refractivity (Wildman–Crippen MR) is 90.1 cm³/mol. The van der Waals surface area contributed by atoms with Crippen LogP contribution in [0.4, 0.5) is 4.39 Å². The molecule has 0 saturated heterocycles. The van der Waals surface area contributed by atoms with E-state index in [1.807, 2.05) is 25.1 Å². The van der Waals surface area contributed by atoms with Gasteiger partial charge >= 0.3 is 0 Å². The fraction of sp³-hybridized carbons (Fsp3) is 0.176. The molecule has 5 nitrogen and oxygen atoms in total. The Morgan fingerprint density at radius 2 is 1.79 bits per heavy atom. The third kappa shape index (κ3) is 6.29. The molecule has 0 fully saturated rings. The maximum atomic E-state index is 12.8. The van der Waals surface area contributed by atoms with Crippen molar-refractivity contribution in [3.63, 3.8) is 0 Å². The minimum absolute atomic E-state index is 0.102. The molecule has 0 aromatic heterocycles. The number of hydrazine groups is 1. The minimum Gasteiger partial charge on any atom is -0.484 e. The van der Waals surface area contributed by atoms with Gasteiger partial charge in [-0.25, -0.2) is 4.39 Å². The number of aryl methyl sites for hydroxylation is 1. The number of amides is 2. The molecule has 2 amide bonds. The largest absolute Gasteiger partial charge is 0.484 e. The van der Waals surface area contributed by atoms with Crippen LogP contribution >= 0.6 is 11.8 Å². The van der Waals surface area contributed by atoms with Crippen molar-refractivity contribution in [1.82, 2.24) is 10.9 Å². The molecule has 0 atom stereocenters. The maximum Gasteiger partial charge on any atom is 0.276 e. The molecule has 0 bridgehead atoms. The Labute approximate surface area is 143 Å². The van der Waals surface area contributed by atoms with Crippen LogP contribution in [0.2, 0.25) is 0 Å². The molecule has 2 aromatic carbocycles. The molecular weight excluding hydrogens is 331 g/mol. The van der Waals surface area contributed by atoms with E-state index < -0.39 is 5.91 Å². The second-order valence-corrected chi connectivity index (χ2v) is 5.99. The van der Waals surface area contributed by atoms with Crippen LogP contribution in [-0.2, 0) is 9.59 Å². The van der Waals surface area contributed by atoms with Crippen LogP contribution in [0.1, 0.15) is 5.56 Å². The van der Waals surface area contributed by atoms with Gasteiger partial charge in [0, 0.05) is 4.90 Å². The summed E-state index contributed by atoms with van der Waals surface area (Å²) in [6.45, 7) is 1.72. The molecule has 126 valence electrons. The Balaban J connectivity index is 1.65. The van der Waals surface area contributed by atoms with Crippen LogP contribution in [-0.4, -0.2) is 24.2 Å². The summed E-state index contributed by atoms with van der Waals surface area (Å²) in [6.07, 6.45) is 0. The second kappa shape index (κ2) is 8.93. The second-order valence-electron chi connectivity index (χ2n) is 4.94. The first-order valence-electron chi connectivity index (χ1n) is 7.18. The Morgan fingerprint density at radius 3 is 2.50 bits per heavy atom. The highest BCUT2D eigenvalue weighted by Crippen LogP contribution is 2.17. The Bertz CT molecular complexity index is 707. The van der Waals surface area contributed by atoms with Crippen molar-refractivity contribution in [2.24, 2.45) is 0 Å². The number of thioether (sulfide) groups is 1. The number of benzene rings is 2. The van der Waals surface area contributed by atoms with E-state index in [4.69, 9.17) is 4.74 Å². The summed E-state index contributed by atoms with van der Waals surface area (Å²) in [5.74, 6) is -0.470. The van der Waals surface area contributed by atoms with Crippen LogP contribution < -0.4 is 15.6 Å². The van der Waals surface area contributed by atoms with E-state index in [0.717, 1.165) is 10.5 Å². The Morgan fingerprint density at radius 1 is 1.08 bits per heavy atom. The van der Waals surface area contributed by atoms with Crippen molar-refractivity contribution in [3.8, 4) is 5.75 Å². The first-order valence-corrected chi connectivity index (χ1v) is 8.17. The molecule has 0 spiro atoms. The number of rotatable bonds is 6. The molecule has 0 radical (unpaired) electrons. The van der Waals surface area contributed by atoms with E-state index in [-0.39, 0.29) is 24.1 Å². The zero-order valence-corrected chi connectivity index (χ0v) is 13.9. The fourth-order valence-electron chi connectivity index (χ4n) is 1.75. The van der Waals surface area contributed by atoms with Crippen LogP contribution in [0.5, 0.6) is 5.75 Å². The molecule has 24 heavy (non-hydrogen) atoms. The lowest BCUT2D eigenvalue weighted by Gasteiger charge is -2.09. The smallest absolute Gasteiger partial charge is 0.276 e. The van der Waals surface area contributed by atoms with Crippen LogP contribution in [0.25, 0.3) is 0 Å². The molecule has 2 N–H and O–H groups in total. The van der Waals surface area contributed by atoms with Crippen molar-refractivity contribution in [2.45, 2.75) is 11.8 Å². The lowest BCUT2D eigenvalue weighted by atomic mass is 10.2. The van der Waals surface area contributed by atoms with Gasteiger partial charge < -0.3 is 4.74 Å². The van der Waals surface area contributed by atoms with Crippen molar-refractivity contribution >= 4 is 23.6 Å². The monoisotopic (exact) mass is 348 g/mol. The highest BCUT2D eigenvalue weighted by atomic mass is 32.2. The van der Waals surface area contributed by atoms with Gasteiger partial charge in [0.05, 0.1) is 5.75 Å². The molecular formula is C17H17FN2O3S. The Kier molecular flexibility index (Phi) is 6.62. The van der Waals surface area contributed by atoms with Gasteiger partial charge in [-0.2, -0.15) is 0 Å². The molecule has 0 aliphatic rings. The molecule has 2 aromatic rings. The summed E-state index contributed by atoms with van der Waals surface area (Å²) in [6, 6.07) is 13.1. The molecule has 0 aliphatic heterocycles. The van der Waals surface area contributed by atoms with Gasteiger partial charge in [-0.15, -0.1) is 11.8 Å². The van der Waals surface area contributed by atoms with E-state index in [9.17, 15) is 14.0 Å². The highest BCUT2D eigenvalue weighted by molar-refractivity contribution is 8.00. The highest BCUT2D eigenvalue weighted by Gasteiger charge is 2.06. The molecule has 7 heteroatoms. The zero-order valence-electron chi connectivity index (χ0n) is 13.0. The van der Waals surface area contributed by atoms with E-state index in [1.165, 1.54) is 23.9 Å². The van der Waals surface area contributed by atoms with Crippen LogP contribution in [0.3, 0.4) is 0 Å². The third-order valence-electron chi connectivity index (χ3n) is 2.88. The first-order chi connectivity index (χ1) is 11.5. The normalized spacial score (nSPS) is 10.1. The Hall–Kier alpha value is -2.54. The molecule has 2 rings (SSSR count). The average molecular weight is 348 g/mol. The molecule has 0 heterocycles. The van der Waals surface area contributed by atoms with Crippen LogP contribution in [0.15, 0.2) is 53.4 Å². The summed E-state index contributed by atoms with van der Waals surface area (Å²) in [4.78, 5) is 24.0. The van der Waals surface area contributed by atoms with Crippen molar-refractivity contribution in [3.05, 3.63) is 59.9 Å². The lowest BCUT2D eigenvalue weighted by molar-refractivity contribution is -0.128. The van der Waals surface area contributed by atoms with E-state index in [0.29, 0.717) is 5.75 Å². The van der Waals surface area contributed by atoms with E-state index in [1.54, 1.807) is 18.2 Å². The molecule has 0 unspecified atom stereocenters. The SMILES string of the molecule is Cc1cccc(OCC(=O)NNC(=O)CSc2ccc(F)cc2)c1. The number of halogens is 1. The summed E-state index contributed by atoms with van der Waals surface area (Å²) in [5, 5.41) is 0. The average Bonchev–Trinajstić information content (AvgIpc) is 2.57. The first kappa shape index (κ1) is 17.8. The van der Waals surface area contributed by atoms with Crippen LogP contribution in [0, 0.1) is 12.7 Å². The summed E-state index contributed by atoms with van der Waals surface area (Å²) in [5.41, 5.74) is 5.60. The number of hydrogen-bond acceptors (Lipinski definition) is 4. The number of hydrogen-bond donors (Lipinski definition) is 2. The van der Waals surface area contributed by atoms with Gasteiger partial charge in [-0.1, -0.05) is 12.1 Å². The molecule has 0 aliphatic carbocycles. The standard InChI is InChI=1S/C17H17FN2O3S/c1-12-3-2-4-14(9-12)23-10-16(21)19-20-17(22)11-24-15-7-5-13(18)6-8-15/h2-9H,10-11H2,1H3,(H,19,21)(H,20,22). The van der Waals surface area contributed by atoms with Gasteiger partial charge in [0.1, 0.15) is 11.6 Å². The van der Waals surface area contributed by atoms with E-state index >= 15 is 0 Å².